The van der Waals surface area contributed by atoms with E-state index in [2.05, 4.69) is 4.74 Å². The van der Waals surface area contributed by atoms with Crippen LogP contribution in [0.15, 0.2) is 84.9 Å². The van der Waals surface area contributed by atoms with Crippen LogP contribution in [-0.4, -0.2) is 30.2 Å². The van der Waals surface area contributed by atoms with Crippen LogP contribution in [0, 0.1) is 0 Å². The van der Waals surface area contributed by atoms with Gasteiger partial charge in [0.2, 0.25) is 0 Å². The number of hydrogen-bond acceptors (Lipinski definition) is 4. The summed E-state index contributed by atoms with van der Waals surface area (Å²) in [5, 5.41) is 17.2. The molecule has 0 heterocycles. The molecule has 3 aromatic rings. The molecule has 0 aliphatic heterocycles. The summed E-state index contributed by atoms with van der Waals surface area (Å²) in [6, 6.07) is 26.1. The molecule has 0 aromatic heterocycles. The number of rotatable bonds is 3. The van der Waals surface area contributed by atoms with Gasteiger partial charge in [-0.15, -0.1) is 0 Å². The van der Waals surface area contributed by atoms with Gasteiger partial charge in [0.1, 0.15) is 0 Å². The van der Waals surface area contributed by atoms with Crippen molar-refractivity contribution < 1.29 is 19.6 Å². The molecule has 25 heavy (non-hydrogen) atoms. The number of carbonyl (C=O) groups is 1. The van der Waals surface area contributed by atoms with E-state index in [-0.39, 0.29) is 5.97 Å². The second-order valence-corrected chi connectivity index (χ2v) is 5.22. The van der Waals surface area contributed by atoms with E-state index in [1.165, 1.54) is 7.11 Å². The monoisotopic (exact) mass is 334 g/mol. The Hall–Kier alpha value is -2.89. The van der Waals surface area contributed by atoms with Crippen molar-refractivity contribution in [2.24, 2.45) is 0 Å². The number of methoxy groups -OCH3 is 1. The molecule has 3 aromatic carbocycles. The lowest BCUT2D eigenvalue weighted by atomic mass is 9.81. The van der Waals surface area contributed by atoms with Crippen molar-refractivity contribution in [2.75, 3.05) is 7.11 Å². The third kappa shape index (κ3) is 5.60. The maximum atomic E-state index is 11.2. The van der Waals surface area contributed by atoms with Gasteiger partial charge in [0.15, 0.2) is 0 Å². The van der Waals surface area contributed by atoms with Gasteiger partial charge in [0, 0.05) is 0 Å². The van der Waals surface area contributed by atoms with Crippen LogP contribution >= 0.6 is 0 Å². The summed E-state index contributed by atoms with van der Waals surface area (Å²) in [4.78, 5) is 11.2. The molecule has 0 unspecified atom stereocenters. The summed E-state index contributed by atoms with van der Waals surface area (Å²) >= 11 is 0. The van der Waals surface area contributed by atoms with E-state index >= 15 is 0 Å². The number of benzene rings is 3. The lowest BCUT2D eigenvalue weighted by Gasteiger charge is -2.02. The molecule has 3 rings (SSSR count). The Morgan fingerprint density at radius 2 is 1.24 bits per heavy atom. The van der Waals surface area contributed by atoms with Gasteiger partial charge in [0.05, 0.1) is 12.7 Å². The molecule has 0 spiro atoms. The smallest absolute Gasteiger partial charge is 0.465 e. The minimum absolute atomic E-state index is 0.306. The van der Waals surface area contributed by atoms with Gasteiger partial charge in [0.25, 0.3) is 0 Å². The zero-order chi connectivity index (χ0) is 18.1. The van der Waals surface area contributed by atoms with Crippen LogP contribution in [0.1, 0.15) is 10.4 Å². The summed E-state index contributed by atoms with van der Waals surface area (Å²) in [6.07, 6.45) is 0. The molecule has 0 bridgehead atoms. The van der Waals surface area contributed by atoms with Gasteiger partial charge in [-0.2, -0.15) is 0 Å². The average molecular weight is 334 g/mol. The van der Waals surface area contributed by atoms with Crippen LogP contribution in [0.5, 0.6) is 0 Å². The fourth-order valence-corrected chi connectivity index (χ4v) is 2.17. The third-order valence-corrected chi connectivity index (χ3v) is 3.51. The highest BCUT2D eigenvalue weighted by Gasteiger charge is 2.07. The Labute approximate surface area is 147 Å². The zero-order valence-electron chi connectivity index (χ0n) is 13.9. The van der Waals surface area contributed by atoms with Gasteiger partial charge >= 0.3 is 13.1 Å². The lowest BCUT2D eigenvalue weighted by Crippen LogP contribution is -2.29. The largest absolute Gasteiger partial charge is 0.488 e. The first-order valence-corrected chi connectivity index (χ1v) is 7.76. The van der Waals surface area contributed by atoms with Crippen molar-refractivity contribution in [1.82, 2.24) is 0 Å². The molecule has 4 nitrogen and oxygen atoms in total. The normalized spacial score (nSPS) is 9.56. The SMILES string of the molecule is COC(=O)c1ccc(-c2ccccc2)cc1.OB(O)c1ccccc1. The predicted octanol–water partition coefficient (Wildman–Crippen LogP) is 2.51. The van der Waals surface area contributed by atoms with Gasteiger partial charge in [-0.05, 0) is 28.7 Å². The first-order chi connectivity index (χ1) is 12.1. The number of carbonyl (C=O) groups excluding carboxylic acids is 1. The third-order valence-electron chi connectivity index (χ3n) is 3.51. The molecular weight excluding hydrogens is 315 g/mol. The first kappa shape index (κ1) is 18.5. The second-order valence-electron chi connectivity index (χ2n) is 5.22. The fraction of sp³-hybridized carbons (Fsp3) is 0.0500. The topological polar surface area (TPSA) is 66.8 Å². The Balaban J connectivity index is 0.000000212. The van der Waals surface area contributed by atoms with Crippen LogP contribution in [-0.2, 0) is 4.74 Å². The summed E-state index contributed by atoms with van der Waals surface area (Å²) < 4.78 is 4.64. The maximum Gasteiger partial charge on any atom is 0.488 e. The first-order valence-electron chi connectivity index (χ1n) is 7.76. The van der Waals surface area contributed by atoms with E-state index in [1.807, 2.05) is 48.5 Å². The minimum atomic E-state index is -1.34. The van der Waals surface area contributed by atoms with Crippen LogP contribution in [0.4, 0.5) is 0 Å². The van der Waals surface area contributed by atoms with E-state index in [0.29, 0.717) is 11.0 Å². The van der Waals surface area contributed by atoms with Crippen molar-refractivity contribution in [3.05, 3.63) is 90.5 Å². The molecule has 126 valence electrons. The number of ether oxygens (including phenoxy) is 1. The highest BCUT2D eigenvalue weighted by Crippen LogP contribution is 2.19. The van der Waals surface area contributed by atoms with E-state index in [9.17, 15) is 4.79 Å². The van der Waals surface area contributed by atoms with Crippen LogP contribution in [0.3, 0.4) is 0 Å². The van der Waals surface area contributed by atoms with Gasteiger partial charge in [-0.25, -0.2) is 4.79 Å². The van der Waals surface area contributed by atoms with Crippen LogP contribution in [0.25, 0.3) is 11.1 Å². The van der Waals surface area contributed by atoms with Gasteiger partial charge in [-0.3, -0.25) is 0 Å². The van der Waals surface area contributed by atoms with Crippen molar-refractivity contribution in [1.29, 1.82) is 0 Å². The average Bonchev–Trinajstić information content (AvgIpc) is 2.69. The molecule has 0 saturated carbocycles. The molecule has 0 amide bonds. The fourth-order valence-electron chi connectivity index (χ4n) is 2.17. The molecular formula is C20H19BO4. The summed E-state index contributed by atoms with van der Waals surface area (Å²) in [7, 11) is 0.0409. The second kappa shape index (κ2) is 9.42. The standard InChI is InChI=1S/C14H12O2.C6H7BO2/c1-16-14(15)13-9-7-12(8-10-13)11-5-3-2-4-6-11;8-7(9)6-4-2-1-3-5-6/h2-10H,1H3;1-5,8-9H. The zero-order valence-corrected chi connectivity index (χ0v) is 13.9. The lowest BCUT2D eigenvalue weighted by molar-refractivity contribution is 0.0600. The highest BCUT2D eigenvalue weighted by molar-refractivity contribution is 6.58. The van der Waals surface area contributed by atoms with Crippen molar-refractivity contribution in [3.63, 3.8) is 0 Å². The summed E-state index contributed by atoms with van der Waals surface area (Å²) in [5.41, 5.74) is 3.33. The molecule has 0 radical (unpaired) electrons. The Bertz CT molecular complexity index is 772. The quantitative estimate of drug-likeness (QED) is 0.571. The Morgan fingerprint density at radius 3 is 1.68 bits per heavy atom. The minimum Gasteiger partial charge on any atom is -0.465 e. The number of esters is 1. The molecule has 0 aliphatic rings. The van der Waals surface area contributed by atoms with Crippen molar-refractivity contribution in [3.8, 4) is 11.1 Å². The van der Waals surface area contributed by atoms with E-state index in [4.69, 9.17) is 10.0 Å². The van der Waals surface area contributed by atoms with Crippen molar-refractivity contribution in [2.45, 2.75) is 0 Å². The predicted molar refractivity (Wildman–Crippen MR) is 99.5 cm³/mol. The van der Waals surface area contributed by atoms with Crippen LogP contribution in [0.2, 0.25) is 0 Å². The van der Waals surface area contributed by atoms with E-state index < -0.39 is 7.12 Å². The van der Waals surface area contributed by atoms with Gasteiger partial charge < -0.3 is 14.8 Å². The Kier molecular flexibility index (Phi) is 6.95. The van der Waals surface area contributed by atoms with E-state index in [0.717, 1.165) is 11.1 Å². The molecule has 0 saturated heterocycles. The molecule has 0 fully saturated rings. The van der Waals surface area contributed by atoms with Crippen LogP contribution < -0.4 is 5.46 Å². The van der Waals surface area contributed by atoms with E-state index in [1.54, 1.807) is 36.4 Å². The molecule has 0 aliphatic carbocycles. The highest BCUT2D eigenvalue weighted by atomic mass is 16.5. The molecule has 2 N–H and O–H groups in total. The molecule has 0 atom stereocenters. The van der Waals surface area contributed by atoms with Gasteiger partial charge in [-0.1, -0.05) is 72.8 Å². The maximum absolute atomic E-state index is 11.2. The summed E-state index contributed by atoms with van der Waals surface area (Å²) in [5.74, 6) is -0.306. The summed E-state index contributed by atoms with van der Waals surface area (Å²) in [6.45, 7) is 0. The Morgan fingerprint density at radius 1 is 0.760 bits per heavy atom. The van der Waals surface area contributed by atoms with Crippen molar-refractivity contribution >= 4 is 18.6 Å². The molecule has 5 heteroatoms. The number of hydrogen-bond donors (Lipinski definition) is 2.